The van der Waals surface area contributed by atoms with E-state index >= 15 is 0 Å². The summed E-state index contributed by atoms with van der Waals surface area (Å²) in [5, 5.41) is 2.62. The average molecular weight is 371 g/mol. The van der Waals surface area contributed by atoms with Gasteiger partial charge in [-0.2, -0.15) is 0 Å². The van der Waals surface area contributed by atoms with Gasteiger partial charge in [-0.3, -0.25) is 9.59 Å². The third kappa shape index (κ3) is 5.07. The molecule has 142 valence electrons. The van der Waals surface area contributed by atoms with E-state index in [1.54, 1.807) is 36.4 Å². The maximum atomic E-state index is 12.4. The standard InChI is InChI=1S/C20H21NO6/c1-12(22)14-6-5-7-15(10-14)21-19(23)13(2)27-20(24)17-9-8-16(25-3)11-18(17)26-4/h5-11,13H,1-4H3,(H,21,23)/t13-/m0/s1. The molecule has 7 heteroatoms. The van der Waals surface area contributed by atoms with Gasteiger partial charge in [0.2, 0.25) is 0 Å². The highest BCUT2D eigenvalue weighted by Crippen LogP contribution is 2.25. The second-order valence-electron chi connectivity index (χ2n) is 5.74. The second kappa shape index (κ2) is 8.84. The monoisotopic (exact) mass is 371 g/mol. The fourth-order valence-corrected chi connectivity index (χ4v) is 2.30. The maximum Gasteiger partial charge on any atom is 0.342 e. The van der Waals surface area contributed by atoms with E-state index in [0.717, 1.165) is 0 Å². The van der Waals surface area contributed by atoms with E-state index in [1.807, 2.05) is 0 Å². The molecule has 1 atom stereocenters. The molecule has 1 N–H and O–H groups in total. The van der Waals surface area contributed by atoms with E-state index < -0.39 is 18.0 Å². The zero-order valence-electron chi connectivity index (χ0n) is 15.6. The first-order chi connectivity index (χ1) is 12.8. The number of ether oxygens (including phenoxy) is 3. The number of methoxy groups -OCH3 is 2. The van der Waals surface area contributed by atoms with Crippen LogP contribution in [0.25, 0.3) is 0 Å². The van der Waals surface area contributed by atoms with Crippen LogP contribution in [0.5, 0.6) is 11.5 Å². The number of hydrogen-bond acceptors (Lipinski definition) is 6. The highest BCUT2D eigenvalue weighted by Gasteiger charge is 2.22. The van der Waals surface area contributed by atoms with E-state index in [0.29, 0.717) is 17.0 Å². The quantitative estimate of drug-likeness (QED) is 0.594. The molecule has 0 unspecified atom stereocenters. The number of Topliss-reactive ketones (excluding diaryl/α,β-unsaturated/α-hetero) is 1. The molecule has 2 aromatic carbocycles. The fraction of sp³-hybridized carbons (Fsp3) is 0.250. The Labute approximate surface area is 157 Å². The van der Waals surface area contributed by atoms with E-state index in [2.05, 4.69) is 5.32 Å². The average Bonchev–Trinajstić information content (AvgIpc) is 2.67. The molecular formula is C20H21NO6. The van der Waals surface area contributed by atoms with E-state index in [1.165, 1.54) is 34.1 Å². The van der Waals surface area contributed by atoms with Crippen molar-refractivity contribution >= 4 is 23.3 Å². The molecule has 0 bridgehead atoms. The number of nitrogens with one attached hydrogen (secondary N) is 1. The molecule has 0 saturated heterocycles. The van der Waals surface area contributed by atoms with Crippen LogP contribution in [0.3, 0.4) is 0 Å². The Balaban J connectivity index is 2.07. The summed E-state index contributed by atoms with van der Waals surface area (Å²) >= 11 is 0. The number of benzene rings is 2. The number of ketones is 1. The molecule has 0 aromatic heterocycles. The number of carbonyl (C=O) groups excluding carboxylic acids is 3. The molecule has 0 radical (unpaired) electrons. The van der Waals surface area contributed by atoms with Gasteiger partial charge in [-0.1, -0.05) is 12.1 Å². The lowest BCUT2D eigenvalue weighted by Gasteiger charge is -2.15. The van der Waals surface area contributed by atoms with E-state index in [-0.39, 0.29) is 17.1 Å². The van der Waals surface area contributed by atoms with Crippen LogP contribution in [0.15, 0.2) is 42.5 Å². The smallest absolute Gasteiger partial charge is 0.342 e. The van der Waals surface area contributed by atoms with Crippen molar-refractivity contribution in [2.24, 2.45) is 0 Å². The zero-order valence-corrected chi connectivity index (χ0v) is 15.6. The summed E-state index contributed by atoms with van der Waals surface area (Å²) in [5.41, 5.74) is 1.09. The van der Waals surface area contributed by atoms with Gasteiger partial charge in [0.15, 0.2) is 11.9 Å². The Morgan fingerprint density at radius 2 is 1.74 bits per heavy atom. The molecule has 2 aromatic rings. The molecular weight excluding hydrogens is 350 g/mol. The number of rotatable bonds is 7. The molecule has 0 aliphatic heterocycles. The molecule has 2 rings (SSSR count). The third-order valence-corrected chi connectivity index (χ3v) is 3.82. The minimum atomic E-state index is -1.05. The van der Waals surface area contributed by atoms with Crippen LogP contribution >= 0.6 is 0 Å². The first kappa shape index (κ1) is 20.0. The lowest BCUT2D eigenvalue weighted by Crippen LogP contribution is -2.30. The first-order valence-corrected chi connectivity index (χ1v) is 8.20. The van der Waals surface area contributed by atoms with Crippen LogP contribution in [0.4, 0.5) is 5.69 Å². The Bertz CT molecular complexity index is 861. The van der Waals surface area contributed by atoms with E-state index in [9.17, 15) is 14.4 Å². The van der Waals surface area contributed by atoms with Gasteiger partial charge in [-0.15, -0.1) is 0 Å². The van der Waals surface area contributed by atoms with E-state index in [4.69, 9.17) is 14.2 Å². The summed E-state index contributed by atoms with van der Waals surface area (Å²) < 4.78 is 15.5. The zero-order chi connectivity index (χ0) is 20.0. The predicted octanol–water partition coefficient (Wildman–Crippen LogP) is 3.09. The SMILES string of the molecule is COc1ccc(C(=O)O[C@@H](C)C(=O)Nc2cccc(C(C)=O)c2)c(OC)c1. The Kier molecular flexibility index (Phi) is 6.54. The van der Waals surface area contributed by atoms with Crippen molar-refractivity contribution in [2.75, 3.05) is 19.5 Å². The van der Waals surface area contributed by atoms with Crippen LogP contribution in [0.1, 0.15) is 34.6 Å². The number of hydrogen-bond donors (Lipinski definition) is 1. The third-order valence-electron chi connectivity index (χ3n) is 3.82. The van der Waals surface area contributed by atoms with Crippen molar-refractivity contribution in [3.63, 3.8) is 0 Å². The van der Waals surface area contributed by atoms with Crippen LogP contribution in [0.2, 0.25) is 0 Å². The van der Waals surface area contributed by atoms with Crippen molar-refractivity contribution < 1.29 is 28.6 Å². The van der Waals surface area contributed by atoms with Crippen molar-refractivity contribution in [1.82, 2.24) is 0 Å². The maximum absolute atomic E-state index is 12.4. The molecule has 0 saturated carbocycles. The minimum Gasteiger partial charge on any atom is -0.497 e. The Morgan fingerprint density at radius 1 is 1.00 bits per heavy atom. The highest BCUT2D eigenvalue weighted by molar-refractivity contribution is 6.00. The molecule has 0 aliphatic rings. The van der Waals surface area contributed by atoms with Gasteiger partial charge in [-0.25, -0.2) is 4.79 Å². The number of carbonyl (C=O) groups is 3. The summed E-state index contributed by atoms with van der Waals surface area (Å²) in [4.78, 5) is 36.1. The fourth-order valence-electron chi connectivity index (χ4n) is 2.30. The second-order valence-corrected chi connectivity index (χ2v) is 5.74. The van der Waals surface area contributed by atoms with Gasteiger partial charge >= 0.3 is 5.97 Å². The number of esters is 1. The molecule has 7 nitrogen and oxygen atoms in total. The summed E-state index contributed by atoms with van der Waals surface area (Å²) in [6.45, 7) is 2.89. The van der Waals surface area contributed by atoms with Crippen molar-refractivity contribution in [1.29, 1.82) is 0 Å². The van der Waals surface area contributed by atoms with Gasteiger partial charge < -0.3 is 19.5 Å². The minimum absolute atomic E-state index is 0.114. The molecule has 0 spiro atoms. The largest absolute Gasteiger partial charge is 0.497 e. The summed E-state index contributed by atoms with van der Waals surface area (Å²) in [7, 11) is 2.92. The molecule has 0 heterocycles. The predicted molar refractivity (Wildman–Crippen MR) is 99.5 cm³/mol. The topological polar surface area (TPSA) is 90.9 Å². The van der Waals surface area contributed by atoms with Crippen LogP contribution in [0, 0.1) is 0 Å². The van der Waals surface area contributed by atoms with Crippen LogP contribution in [-0.2, 0) is 9.53 Å². The van der Waals surface area contributed by atoms with Crippen LogP contribution in [-0.4, -0.2) is 38.0 Å². The summed E-state index contributed by atoms with van der Waals surface area (Å²) in [6, 6.07) is 11.2. The highest BCUT2D eigenvalue weighted by atomic mass is 16.5. The van der Waals surface area contributed by atoms with Crippen molar-refractivity contribution in [3.8, 4) is 11.5 Å². The van der Waals surface area contributed by atoms with Gasteiger partial charge in [0.25, 0.3) is 5.91 Å². The molecule has 0 fully saturated rings. The Hall–Kier alpha value is -3.35. The van der Waals surface area contributed by atoms with Gasteiger partial charge in [-0.05, 0) is 38.1 Å². The number of amides is 1. The van der Waals surface area contributed by atoms with Crippen molar-refractivity contribution in [2.45, 2.75) is 20.0 Å². The Morgan fingerprint density at radius 3 is 2.37 bits per heavy atom. The normalized spacial score (nSPS) is 11.3. The first-order valence-electron chi connectivity index (χ1n) is 8.20. The summed E-state index contributed by atoms with van der Waals surface area (Å²) in [6.07, 6.45) is -1.05. The molecule has 27 heavy (non-hydrogen) atoms. The van der Waals surface area contributed by atoms with Gasteiger partial charge in [0, 0.05) is 17.3 Å². The lowest BCUT2D eigenvalue weighted by atomic mass is 10.1. The molecule has 0 aliphatic carbocycles. The van der Waals surface area contributed by atoms with Crippen LogP contribution < -0.4 is 14.8 Å². The number of anilines is 1. The van der Waals surface area contributed by atoms with Crippen molar-refractivity contribution in [3.05, 3.63) is 53.6 Å². The summed E-state index contributed by atoms with van der Waals surface area (Å²) in [5.74, 6) is -0.524. The molecule has 1 amide bonds. The van der Waals surface area contributed by atoms with Gasteiger partial charge in [0.1, 0.15) is 17.1 Å². The van der Waals surface area contributed by atoms with Gasteiger partial charge in [0.05, 0.1) is 14.2 Å². The lowest BCUT2D eigenvalue weighted by molar-refractivity contribution is -0.123.